The van der Waals surface area contributed by atoms with E-state index in [4.69, 9.17) is 12.2 Å². The van der Waals surface area contributed by atoms with Gasteiger partial charge >= 0.3 is 6.18 Å². The standard InChI is InChI=1S/C14H17F3N2S/c1-3-4-5-9(2)19-12-7-6-10(14(15,16)17)8-11(12)18-13(19)20/h6-9H,3-5H2,1-2H3,(H,18,20). The second-order valence-electron chi connectivity index (χ2n) is 5.02. The molecule has 20 heavy (non-hydrogen) atoms. The van der Waals surface area contributed by atoms with Crippen molar-refractivity contribution < 1.29 is 13.2 Å². The van der Waals surface area contributed by atoms with Gasteiger partial charge in [-0.3, -0.25) is 0 Å². The van der Waals surface area contributed by atoms with Crippen molar-refractivity contribution in [2.75, 3.05) is 0 Å². The van der Waals surface area contributed by atoms with E-state index in [2.05, 4.69) is 11.9 Å². The fourth-order valence-corrected chi connectivity index (χ4v) is 2.76. The first kappa shape index (κ1) is 15.1. The first-order valence-corrected chi connectivity index (χ1v) is 7.07. The summed E-state index contributed by atoms with van der Waals surface area (Å²) in [5.74, 6) is 0. The van der Waals surface area contributed by atoms with Crippen molar-refractivity contribution in [2.24, 2.45) is 0 Å². The summed E-state index contributed by atoms with van der Waals surface area (Å²) in [6.07, 6.45) is -1.23. The molecule has 110 valence electrons. The summed E-state index contributed by atoms with van der Waals surface area (Å²) in [5, 5.41) is 0. The van der Waals surface area contributed by atoms with Crippen LogP contribution >= 0.6 is 12.2 Å². The Morgan fingerprint density at radius 2 is 2.05 bits per heavy atom. The lowest BCUT2D eigenvalue weighted by atomic mass is 10.1. The molecule has 1 aromatic carbocycles. The zero-order valence-electron chi connectivity index (χ0n) is 11.4. The number of fused-ring (bicyclic) bond motifs is 1. The number of aromatic amines is 1. The molecular formula is C14H17F3N2S. The number of nitrogens with one attached hydrogen (secondary N) is 1. The third kappa shape index (κ3) is 2.90. The summed E-state index contributed by atoms with van der Waals surface area (Å²) in [4.78, 5) is 2.87. The van der Waals surface area contributed by atoms with Crippen LogP contribution < -0.4 is 0 Å². The highest BCUT2D eigenvalue weighted by Crippen LogP contribution is 2.32. The Morgan fingerprint density at radius 1 is 1.35 bits per heavy atom. The van der Waals surface area contributed by atoms with Crippen LogP contribution in [0.25, 0.3) is 11.0 Å². The number of hydrogen-bond acceptors (Lipinski definition) is 1. The predicted octanol–water partition coefficient (Wildman–Crippen LogP) is 5.47. The SMILES string of the molecule is CCCCC(C)n1c(=S)[nH]c2cc(C(F)(F)F)ccc21. The van der Waals surface area contributed by atoms with Gasteiger partial charge in [0.1, 0.15) is 0 Å². The molecule has 1 atom stereocenters. The van der Waals surface area contributed by atoms with E-state index in [0.717, 1.165) is 36.9 Å². The van der Waals surface area contributed by atoms with Gasteiger partial charge in [-0.05, 0) is 43.8 Å². The molecule has 0 aliphatic heterocycles. The normalized spacial score (nSPS) is 13.8. The molecule has 0 aliphatic carbocycles. The Kier molecular flexibility index (Phi) is 4.22. The first-order valence-electron chi connectivity index (χ1n) is 6.66. The number of benzene rings is 1. The second kappa shape index (κ2) is 5.60. The largest absolute Gasteiger partial charge is 0.416 e. The molecule has 0 bridgehead atoms. The average Bonchev–Trinajstić information content (AvgIpc) is 2.69. The number of hydrogen-bond donors (Lipinski definition) is 1. The zero-order chi connectivity index (χ0) is 14.9. The van der Waals surface area contributed by atoms with Crippen molar-refractivity contribution in [3.05, 3.63) is 28.5 Å². The van der Waals surface area contributed by atoms with Crippen LogP contribution in [-0.4, -0.2) is 9.55 Å². The molecule has 2 nitrogen and oxygen atoms in total. The van der Waals surface area contributed by atoms with E-state index in [9.17, 15) is 13.2 Å². The third-order valence-electron chi connectivity index (χ3n) is 3.46. The number of unbranched alkanes of at least 4 members (excludes halogenated alkanes) is 1. The van der Waals surface area contributed by atoms with Crippen LogP contribution in [0.1, 0.15) is 44.7 Å². The summed E-state index contributed by atoms with van der Waals surface area (Å²) in [7, 11) is 0. The van der Waals surface area contributed by atoms with E-state index in [-0.39, 0.29) is 6.04 Å². The first-order chi connectivity index (χ1) is 9.34. The average molecular weight is 302 g/mol. The molecule has 0 spiro atoms. The maximum absolute atomic E-state index is 12.7. The lowest BCUT2D eigenvalue weighted by Gasteiger charge is -2.14. The van der Waals surface area contributed by atoms with Crippen LogP contribution in [-0.2, 0) is 6.18 Å². The number of rotatable bonds is 4. The van der Waals surface area contributed by atoms with Crippen molar-refractivity contribution in [1.29, 1.82) is 0 Å². The molecule has 0 aliphatic rings. The lowest BCUT2D eigenvalue weighted by molar-refractivity contribution is -0.137. The molecule has 0 saturated heterocycles. The Morgan fingerprint density at radius 3 is 2.65 bits per heavy atom. The number of nitrogens with zero attached hydrogens (tertiary/aromatic N) is 1. The number of imidazole rings is 1. The van der Waals surface area contributed by atoms with Crippen molar-refractivity contribution in [3.8, 4) is 0 Å². The van der Waals surface area contributed by atoms with Gasteiger partial charge in [0.25, 0.3) is 0 Å². The molecule has 6 heteroatoms. The molecule has 1 unspecified atom stereocenters. The molecule has 0 saturated carbocycles. The molecule has 2 rings (SSSR count). The fraction of sp³-hybridized carbons (Fsp3) is 0.500. The van der Waals surface area contributed by atoms with Crippen molar-refractivity contribution in [3.63, 3.8) is 0 Å². The Labute approximate surface area is 120 Å². The molecule has 1 aromatic heterocycles. The van der Waals surface area contributed by atoms with E-state index >= 15 is 0 Å². The van der Waals surface area contributed by atoms with Crippen molar-refractivity contribution in [2.45, 2.75) is 45.3 Å². The highest BCUT2D eigenvalue weighted by Gasteiger charge is 2.30. The molecule has 1 heterocycles. The Bertz CT molecular complexity index is 654. The van der Waals surface area contributed by atoms with Crippen LogP contribution in [0.4, 0.5) is 13.2 Å². The van der Waals surface area contributed by atoms with Gasteiger partial charge in [-0.15, -0.1) is 0 Å². The summed E-state index contributed by atoms with van der Waals surface area (Å²) >= 11 is 5.24. The number of halogens is 3. The minimum Gasteiger partial charge on any atom is -0.331 e. The van der Waals surface area contributed by atoms with E-state index in [1.165, 1.54) is 6.07 Å². The van der Waals surface area contributed by atoms with E-state index in [0.29, 0.717) is 10.3 Å². The van der Waals surface area contributed by atoms with Gasteiger partial charge < -0.3 is 9.55 Å². The van der Waals surface area contributed by atoms with E-state index < -0.39 is 11.7 Å². The van der Waals surface area contributed by atoms with Gasteiger partial charge in [-0.2, -0.15) is 13.2 Å². The quantitative estimate of drug-likeness (QED) is 0.743. The van der Waals surface area contributed by atoms with Crippen LogP contribution in [0.2, 0.25) is 0 Å². The molecule has 0 fully saturated rings. The van der Waals surface area contributed by atoms with Crippen LogP contribution in [0.15, 0.2) is 18.2 Å². The van der Waals surface area contributed by atoms with Gasteiger partial charge in [0.05, 0.1) is 16.6 Å². The van der Waals surface area contributed by atoms with Crippen LogP contribution in [0, 0.1) is 4.77 Å². The summed E-state index contributed by atoms with van der Waals surface area (Å²) in [6, 6.07) is 3.89. The third-order valence-corrected chi connectivity index (χ3v) is 3.76. The maximum Gasteiger partial charge on any atom is 0.416 e. The zero-order valence-corrected chi connectivity index (χ0v) is 12.2. The monoisotopic (exact) mass is 302 g/mol. The fourth-order valence-electron chi connectivity index (χ4n) is 2.37. The van der Waals surface area contributed by atoms with Gasteiger partial charge in [-0.1, -0.05) is 19.8 Å². The van der Waals surface area contributed by atoms with Gasteiger partial charge in [0, 0.05) is 6.04 Å². The summed E-state index contributed by atoms with van der Waals surface area (Å²) in [6.45, 7) is 4.15. The predicted molar refractivity (Wildman–Crippen MR) is 76.4 cm³/mol. The van der Waals surface area contributed by atoms with Gasteiger partial charge in [0.15, 0.2) is 4.77 Å². The highest BCUT2D eigenvalue weighted by atomic mass is 32.1. The number of aromatic nitrogens is 2. The van der Waals surface area contributed by atoms with Gasteiger partial charge in [-0.25, -0.2) is 0 Å². The molecule has 0 amide bonds. The van der Waals surface area contributed by atoms with Crippen molar-refractivity contribution >= 4 is 23.3 Å². The van der Waals surface area contributed by atoms with Crippen molar-refractivity contribution in [1.82, 2.24) is 9.55 Å². The second-order valence-corrected chi connectivity index (χ2v) is 5.41. The topological polar surface area (TPSA) is 20.7 Å². The Hall–Kier alpha value is -1.30. The maximum atomic E-state index is 12.7. The molecule has 0 radical (unpaired) electrons. The number of alkyl halides is 3. The minimum atomic E-state index is -4.33. The smallest absolute Gasteiger partial charge is 0.331 e. The summed E-state index contributed by atoms with van der Waals surface area (Å²) in [5.41, 5.74) is 0.509. The number of H-pyrrole nitrogens is 1. The van der Waals surface area contributed by atoms with Crippen LogP contribution in [0.3, 0.4) is 0 Å². The molecule has 2 aromatic rings. The van der Waals surface area contributed by atoms with Crippen LogP contribution in [0.5, 0.6) is 0 Å². The molecule has 1 N–H and O–H groups in total. The Balaban J connectivity index is 2.48. The highest BCUT2D eigenvalue weighted by molar-refractivity contribution is 7.71. The van der Waals surface area contributed by atoms with Gasteiger partial charge in [0.2, 0.25) is 0 Å². The lowest BCUT2D eigenvalue weighted by Crippen LogP contribution is -2.06. The van der Waals surface area contributed by atoms with E-state index in [1.807, 2.05) is 11.5 Å². The summed E-state index contributed by atoms with van der Waals surface area (Å²) < 4.78 is 40.5. The minimum absolute atomic E-state index is 0.174. The molecular weight excluding hydrogens is 285 g/mol. The van der Waals surface area contributed by atoms with E-state index in [1.54, 1.807) is 0 Å².